The Balaban J connectivity index is 2.00. The molecule has 1 N–H and O–H groups in total. The average Bonchev–Trinajstić information content (AvgIpc) is 2.53. The van der Waals surface area contributed by atoms with Gasteiger partial charge in [0.05, 0.1) is 0 Å². The summed E-state index contributed by atoms with van der Waals surface area (Å²) in [5, 5.41) is 3.54. The van der Waals surface area contributed by atoms with Crippen LogP contribution in [0.1, 0.15) is 43.5 Å². The first-order chi connectivity index (χ1) is 10.6. The molecule has 3 rings (SSSR count). The zero-order valence-corrected chi connectivity index (χ0v) is 13.8. The number of hydrogen-bond donors (Lipinski definition) is 1. The smallest absolute Gasteiger partial charge is 0.161 e. The molecule has 1 aromatic carbocycles. The summed E-state index contributed by atoms with van der Waals surface area (Å²) in [6, 6.07) is 8.48. The topological polar surface area (TPSA) is 37.8 Å². The molecule has 0 aliphatic heterocycles. The molecule has 0 saturated carbocycles. The number of nitrogens with zero attached hydrogens (tertiary/aromatic N) is 2. The van der Waals surface area contributed by atoms with Crippen molar-refractivity contribution in [2.24, 2.45) is 5.92 Å². The second-order valence-corrected chi connectivity index (χ2v) is 6.67. The van der Waals surface area contributed by atoms with Crippen molar-refractivity contribution < 1.29 is 0 Å². The van der Waals surface area contributed by atoms with Crippen molar-refractivity contribution >= 4 is 5.82 Å². The molecule has 3 nitrogen and oxygen atoms in total. The van der Waals surface area contributed by atoms with Gasteiger partial charge in [-0.15, -0.1) is 0 Å². The number of aryl methyl sites for hydroxylation is 2. The Labute approximate surface area is 133 Å². The van der Waals surface area contributed by atoms with Crippen molar-refractivity contribution in [3.05, 3.63) is 41.1 Å². The highest BCUT2D eigenvalue weighted by Crippen LogP contribution is 2.28. The third-order valence-electron chi connectivity index (χ3n) is 4.17. The van der Waals surface area contributed by atoms with Crippen LogP contribution in [0.25, 0.3) is 11.4 Å². The van der Waals surface area contributed by atoms with Gasteiger partial charge >= 0.3 is 0 Å². The lowest BCUT2D eigenvalue weighted by Gasteiger charge is -2.20. The Hall–Kier alpha value is -1.90. The Morgan fingerprint density at radius 3 is 2.50 bits per heavy atom. The van der Waals surface area contributed by atoms with Gasteiger partial charge in [-0.25, -0.2) is 9.97 Å². The molecule has 0 unspecified atom stereocenters. The van der Waals surface area contributed by atoms with Crippen molar-refractivity contribution in [2.45, 2.75) is 46.5 Å². The van der Waals surface area contributed by atoms with E-state index in [4.69, 9.17) is 9.97 Å². The monoisotopic (exact) mass is 295 g/mol. The molecule has 1 aromatic heterocycles. The van der Waals surface area contributed by atoms with E-state index >= 15 is 0 Å². The molecule has 1 aliphatic rings. The highest BCUT2D eigenvalue weighted by Gasteiger charge is 2.18. The zero-order valence-electron chi connectivity index (χ0n) is 13.8. The third-order valence-corrected chi connectivity index (χ3v) is 4.17. The van der Waals surface area contributed by atoms with Gasteiger partial charge in [0.1, 0.15) is 5.82 Å². The van der Waals surface area contributed by atoms with Crippen LogP contribution in [0.15, 0.2) is 24.3 Å². The van der Waals surface area contributed by atoms with Crippen molar-refractivity contribution in [1.29, 1.82) is 0 Å². The summed E-state index contributed by atoms with van der Waals surface area (Å²) >= 11 is 0. The van der Waals surface area contributed by atoms with Gasteiger partial charge in [-0.05, 0) is 38.5 Å². The van der Waals surface area contributed by atoms with Crippen molar-refractivity contribution in [2.75, 3.05) is 11.9 Å². The number of fused-ring (bicyclic) bond motifs is 1. The number of nitrogens with one attached hydrogen (secondary N) is 1. The summed E-state index contributed by atoms with van der Waals surface area (Å²) in [5.41, 5.74) is 4.94. The van der Waals surface area contributed by atoms with Crippen LogP contribution in [0, 0.1) is 12.8 Å². The first-order valence-corrected chi connectivity index (χ1v) is 8.34. The lowest BCUT2D eigenvalue weighted by molar-refractivity contribution is 0.656. The lowest BCUT2D eigenvalue weighted by atomic mass is 9.96. The fraction of sp³-hybridized carbons (Fsp3) is 0.474. The van der Waals surface area contributed by atoms with E-state index in [-0.39, 0.29) is 0 Å². The quantitative estimate of drug-likeness (QED) is 0.908. The van der Waals surface area contributed by atoms with Crippen molar-refractivity contribution in [3.8, 4) is 11.4 Å². The van der Waals surface area contributed by atoms with Crippen LogP contribution in [0.5, 0.6) is 0 Å². The molecule has 0 fully saturated rings. The summed E-state index contributed by atoms with van der Waals surface area (Å²) in [6.45, 7) is 7.51. The zero-order chi connectivity index (χ0) is 15.5. The van der Waals surface area contributed by atoms with Gasteiger partial charge in [-0.3, -0.25) is 0 Å². The van der Waals surface area contributed by atoms with E-state index in [0.717, 1.165) is 36.6 Å². The van der Waals surface area contributed by atoms with Gasteiger partial charge < -0.3 is 5.32 Å². The van der Waals surface area contributed by atoms with Gasteiger partial charge in [0.15, 0.2) is 5.82 Å². The third kappa shape index (κ3) is 3.29. The van der Waals surface area contributed by atoms with Crippen LogP contribution in [0.2, 0.25) is 0 Å². The molecule has 22 heavy (non-hydrogen) atoms. The molecular formula is C19H25N3. The predicted octanol–water partition coefficient (Wildman–Crippen LogP) is 4.40. The van der Waals surface area contributed by atoms with Gasteiger partial charge in [0, 0.05) is 23.4 Å². The second kappa shape index (κ2) is 6.47. The highest BCUT2D eigenvalue weighted by molar-refractivity contribution is 5.60. The van der Waals surface area contributed by atoms with Gasteiger partial charge in [0.25, 0.3) is 0 Å². The molecule has 0 saturated heterocycles. The molecule has 2 aromatic rings. The van der Waals surface area contributed by atoms with Crippen LogP contribution in [0.4, 0.5) is 5.82 Å². The first kappa shape index (κ1) is 15.0. The fourth-order valence-corrected chi connectivity index (χ4v) is 2.87. The number of rotatable bonds is 4. The number of aromatic nitrogens is 2. The molecule has 0 radical (unpaired) electrons. The maximum Gasteiger partial charge on any atom is 0.161 e. The van der Waals surface area contributed by atoms with E-state index in [1.165, 1.54) is 29.7 Å². The first-order valence-electron chi connectivity index (χ1n) is 8.34. The Bertz CT molecular complexity index is 644. The summed E-state index contributed by atoms with van der Waals surface area (Å²) in [5.74, 6) is 2.51. The maximum absolute atomic E-state index is 4.85. The minimum Gasteiger partial charge on any atom is -0.369 e. The maximum atomic E-state index is 4.85. The van der Waals surface area contributed by atoms with E-state index < -0.39 is 0 Å². The molecule has 0 spiro atoms. The second-order valence-electron chi connectivity index (χ2n) is 6.67. The Morgan fingerprint density at radius 1 is 1.05 bits per heavy atom. The Morgan fingerprint density at radius 2 is 1.77 bits per heavy atom. The molecule has 116 valence electrons. The lowest BCUT2D eigenvalue weighted by Crippen LogP contribution is -2.16. The van der Waals surface area contributed by atoms with Gasteiger partial charge in [0.2, 0.25) is 0 Å². The predicted molar refractivity (Wildman–Crippen MR) is 92.2 cm³/mol. The van der Waals surface area contributed by atoms with Gasteiger partial charge in [-0.1, -0.05) is 43.7 Å². The fourth-order valence-electron chi connectivity index (χ4n) is 2.87. The van der Waals surface area contributed by atoms with E-state index in [2.05, 4.69) is 50.4 Å². The summed E-state index contributed by atoms with van der Waals surface area (Å²) in [4.78, 5) is 9.69. The molecular weight excluding hydrogens is 270 g/mol. The van der Waals surface area contributed by atoms with E-state index in [1.54, 1.807) is 0 Å². The van der Waals surface area contributed by atoms with Crippen LogP contribution in [-0.2, 0) is 12.8 Å². The summed E-state index contributed by atoms with van der Waals surface area (Å²) in [7, 11) is 0. The highest BCUT2D eigenvalue weighted by atomic mass is 15.0. The SMILES string of the molecule is Cc1ccc(-c2nc3c(c(NCC(C)C)n2)CCCC3)cc1. The summed E-state index contributed by atoms with van der Waals surface area (Å²) in [6.07, 6.45) is 4.66. The normalized spacial score (nSPS) is 14.0. The number of benzene rings is 1. The van der Waals surface area contributed by atoms with Crippen molar-refractivity contribution in [1.82, 2.24) is 9.97 Å². The van der Waals surface area contributed by atoms with E-state index in [1.807, 2.05) is 0 Å². The minimum absolute atomic E-state index is 0.608. The van der Waals surface area contributed by atoms with Crippen LogP contribution >= 0.6 is 0 Å². The molecule has 1 heterocycles. The van der Waals surface area contributed by atoms with Crippen molar-refractivity contribution in [3.63, 3.8) is 0 Å². The molecule has 3 heteroatoms. The van der Waals surface area contributed by atoms with Gasteiger partial charge in [-0.2, -0.15) is 0 Å². The summed E-state index contributed by atoms with van der Waals surface area (Å²) < 4.78 is 0. The van der Waals surface area contributed by atoms with E-state index in [0.29, 0.717) is 5.92 Å². The molecule has 0 atom stereocenters. The van der Waals surface area contributed by atoms with Crippen LogP contribution in [0.3, 0.4) is 0 Å². The number of anilines is 1. The minimum atomic E-state index is 0.608. The average molecular weight is 295 g/mol. The Kier molecular flexibility index (Phi) is 4.41. The van der Waals surface area contributed by atoms with Crippen LogP contribution in [-0.4, -0.2) is 16.5 Å². The molecule has 1 aliphatic carbocycles. The standard InChI is InChI=1S/C19H25N3/c1-13(2)12-20-19-16-6-4-5-7-17(16)21-18(22-19)15-10-8-14(3)9-11-15/h8-11,13H,4-7,12H2,1-3H3,(H,20,21,22). The number of hydrogen-bond acceptors (Lipinski definition) is 3. The van der Waals surface area contributed by atoms with E-state index in [9.17, 15) is 0 Å². The largest absolute Gasteiger partial charge is 0.369 e. The molecule has 0 bridgehead atoms. The van der Waals surface area contributed by atoms with Crippen LogP contribution < -0.4 is 5.32 Å². The molecule has 0 amide bonds.